The average Bonchev–Trinajstić information content (AvgIpc) is 2.73. The number of piperazine rings is 1. The van der Waals surface area contributed by atoms with Crippen LogP contribution in [-0.4, -0.2) is 51.8 Å². The maximum atomic E-state index is 13.3. The smallest absolute Gasteiger partial charge is 0.225 e. The maximum Gasteiger partial charge on any atom is 0.225 e. The minimum atomic E-state index is -0.232. The molecule has 0 bridgehead atoms. The highest BCUT2D eigenvalue weighted by molar-refractivity contribution is 5.82. The lowest BCUT2D eigenvalue weighted by atomic mass is 9.83. The van der Waals surface area contributed by atoms with Gasteiger partial charge in [0.05, 0.1) is 18.6 Å². The summed E-state index contributed by atoms with van der Waals surface area (Å²) >= 11 is 0. The van der Waals surface area contributed by atoms with E-state index in [4.69, 9.17) is 4.74 Å². The number of hydrogen-bond donors (Lipinski definition) is 1. The second-order valence-corrected chi connectivity index (χ2v) is 7.41. The molecule has 0 unspecified atom stereocenters. The number of para-hydroxylation sites is 1. The molecule has 2 atom stereocenters. The van der Waals surface area contributed by atoms with Crippen LogP contribution < -0.4 is 15.1 Å². The number of nitrogens with zero attached hydrogens (tertiary/aromatic N) is 2. The Morgan fingerprint density at radius 2 is 1.96 bits per heavy atom. The number of fused-ring (bicyclic) bond motifs is 3. The molecular formula is C22H26FN3O2. The topological polar surface area (TPSA) is 44.8 Å². The number of benzene rings is 2. The Labute approximate surface area is 165 Å². The summed E-state index contributed by atoms with van der Waals surface area (Å²) in [5.74, 6) is -0.290. The number of methoxy groups -OCH3 is 1. The first-order valence-corrected chi connectivity index (χ1v) is 9.79. The Morgan fingerprint density at radius 3 is 2.75 bits per heavy atom. The largest absolute Gasteiger partial charge is 0.383 e. The number of carbonyl (C=O) groups excluding carboxylic acids is 1. The summed E-state index contributed by atoms with van der Waals surface area (Å²) < 4.78 is 18.4. The zero-order valence-corrected chi connectivity index (χ0v) is 16.1. The molecule has 0 aromatic heterocycles. The lowest BCUT2D eigenvalue weighted by molar-refractivity contribution is -0.126. The van der Waals surface area contributed by atoms with Gasteiger partial charge >= 0.3 is 0 Å². The molecule has 1 saturated heterocycles. The van der Waals surface area contributed by atoms with Gasteiger partial charge in [0.25, 0.3) is 0 Å². The first kappa shape index (κ1) is 18.7. The summed E-state index contributed by atoms with van der Waals surface area (Å²) in [6.07, 6.45) is 0.730. The van der Waals surface area contributed by atoms with Crippen molar-refractivity contribution in [3.63, 3.8) is 0 Å². The van der Waals surface area contributed by atoms with Gasteiger partial charge < -0.3 is 19.9 Å². The van der Waals surface area contributed by atoms with Crippen LogP contribution in [0.2, 0.25) is 0 Å². The van der Waals surface area contributed by atoms with Crippen LogP contribution >= 0.6 is 0 Å². The molecule has 0 radical (unpaired) electrons. The van der Waals surface area contributed by atoms with E-state index in [1.54, 1.807) is 7.11 Å². The van der Waals surface area contributed by atoms with E-state index in [9.17, 15) is 9.18 Å². The van der Waals surface area contributed by atoms with Gasteiger partial charge in [0, 0.05) is 44.7 Å². The molecule has 0 spiro atoms. The monoisotopic (exact) mass is 383 g/mol. The molecule has 0 saturated carbocycles. The zero-order chi connectivity index (χ0) is 19.5. The first-order chi connectivity index (χ1) is 13.7. The molecule has 1 fully saturated rings. The molecule has 1 N–H and O–H groups in total. The summed E-state index contributed by atoms with van der Waals surface area (Å²) in [4.78, 5) is 17.6. The number of hydrogen-bond acceptors (Lipinski definition) is 4. The van der Waals surface area contributed by atoms with Crippen molar-refractivity contribution in [2.75, 3.05) is 49.7 Å². The van der Waals surface area contributed by atoms with Gasteiger partial charge in [-0.1, -0.05) is 18.2 Å². The molecule has 2 aromatic carbocycles. The SMILES string of the molecule is COCCNC(=O)[C@H]1Cc2ccccc2N2CCN(c3ccc(F)cc3)C[C@@H]12. The highest BCUT2D eigenvalue weighted by Crippen LogP contribution is 2.36. The Bertz CT molecular complexity index is 827. The van der Waals surface area contributed by atoms with Crippen molar-refractivity contribution in [3.8, 4) is 0 Å². The van der Waals surface area contributed by atoms with Crippen molar-refractivity contribution < 1.29 is 13.9 Å². The van der Waals surface area contributed by atoms with E-state index in [1.165, 1.54) is 23.4 Å². The molecule has 148 valence electrons. The van der Waals surface area contributed by atoms with E-state index in [0.717, 1.165) is 31.7 Å². The molecule has 28 heavy (non-hydrogen) atoms. The molecule has 0 aliphatic carbocycles. The highest BCUT2D eigenvalue weighted by Gasteiger charge is 2.41. The fraction of sp³-hybridized carbons (Fsp3) is 0.409. The maximum absolute atomic E-state index is 13.3. The summed E-state index contributed by atoms with van der Waals surface area (Å²) in [6.45, 7) is 3.44. The Kier molecular flexibility index (Phi) is 5.48. The predicted octanol–water partition coefficient (Wildman–Crippen LogP) is 2.46. The molecule has 4 rings (SSSR count). The van der Waals surface area contributed by atoms with Gasteiger partial charge in [-0.15, -0.1) is 0 Å². The third-order valence-corrected chi connectivity index (χ3v) is 5.76. The van der Waals surface area contributed by atoms with Crippen molar-refractivity contribution in [2.45, 2.75) is 12.5 Å². The van der Waals surface area contributed by atoms with Gasteiger partial charge in [-0.25, -0.2) is 4.39 Å². The van der Waals surface area contributed by atoms with Crippen LogP contribution in [0.1, 0.15) is 5.56 Å². The molecule has 5 nitrogen and oxygen atoms in total. The van der Waals surface area contributed by atoms with Crippen molar-refractivity contribution in [1.29, 1.82) is 0 Å². The number of anilines is 2. The van der Waals surface area contributed by atoms with Crippen molar-refractivity contribution >= 4 is 17.3 Å². The zero-order valence-electron chi connectivity index (χ0n) is 16.1. The van der Waals surface area contributed by atoms with Gasteiger partial charge in [0.1, 0.15) is 5.82 Å². The summed E-state index contributed by atoms with van der Waals surface area (Å²) in [5, 5.41) is 3.02. The standard InChI is InChI=1S/C22H26FN3O2/c1-28-13-10-24-22(27)19-14-16-4-2-3-5-20(16)26-12-11-25(15-21(19)26)18-8-6-17(23)7-9-18/h2-9,19,21H,10-15H2,1H3,(H,24,27)/t19-,21-/m0/s1. The Hall–Kier alpha value is -2.60. The van der Waals surface area contributed by atoms with E-state index in [0.29, 0.717) is 13.2 Å². The third kappa shape index (κ3) is 3.69. The Morgan fingerprint density at radius 1 is 1.18 bits per heavy atom. The molecule has 2 aliphatic rings. The van der Waals surface area contributed by atoms with E-state index >= 15 is 0 Å². The number of nitrogens with one attached hydrogen (secondary N) is 1. The predicted molar refractivity (Wildman–Crippen MR) is 108 cm³/mol. The third-order valence-electron chi connectivity index (χ3n) is 5.76. The first-order valence-electron chi connectivity index (χ1n) is 9.79. The molecule has 2 aromatic rings. The van der Waals surface area contributed by atoms with Crippen molar-refractivity contribution in [1.82, 2.24) is 5.32 Å². The van der Waals surface area contributed by atoms with Gasteiger partial charge in [-0.3, -0.25) is 4.79 Å². The van der Waals surface area contributed by atoms with E-state index in [1.807, 2.05) is 18.2 Å². The van der Waals surface area contributed by atoms with Crippen molar-refractivity contribution in [3.05, 3.63) is 59.9 Å². The molecular weight excluding hydrogens is 357 g/mol. The van der Waals surface area contributed by atoms with Crippen LogP contribution in [0.4, 0.5) is 15.8 Å². The minimum absolute atomic E-state index is 0.0718. The van der Waals surface area contributed by atoms with Crippen LogP contribution in [0, 0.1) is 11.7 Å². The van der Waals surface area contributed by atoms with E-state index < -0.39 is 0 Å². The van der Waals surface area contributed by atoms with Crippen LogP contribution in [0.5, 0.6) is 0 Å². The van der Waals surface area contributed by atoms with Gasteiger partial charge in [0.2, 0.25) is 5.91 Å². The highest BCUT2D eigenvalue weighted by atomic mass is 19.1. The number of halogens is 1. The van der Waals surface area contributed by atoms with Gasteiger partial charge in [-0.2, -0.15) is 0 Å². The second kappa shape index (κ2) is 8.19. The number of carbonyl (C=O) groups is 1. The number of rotatable bonds is 5. The number of amides is 1. The average molecular weight is 383 g/mol. The summed E-state index contributed by atoms with van der Waals surface area (Å²) in [7, 11) is 1.63. The van der Waals surface area contributed by atoms with Crippen LogP contribution in [-0.2, 0) is 16.0 Å². The normalized spacial score (nSPS) is 21.1. The van der Waals surface area contributed by atoms with E-state index in [2.05, 4.69) is 33.3 Å². The van der Waals surface area contributed by atoms with Crippen LogP contribution in [0.3, 0.4) is 0 Å². The van der Waals surface area contributed by atoms with Crippen LogP contribution in [0.15, 0.2) is 48.5 Å². The molecule has 1 amide bonds. The molecule has 2 aliphatic heterocycles. The fourth-order valence-electron chi connectivity index (χ4n) is 4.35. The lowest BCUT2D eigenvalue weighted by Gasteiger charge is -2.49. The summed E-state index contributed by atoms with van der Waals surface area (Å²) in [6, 6.07) is 15.1. The Balaban J connectivity index is 1.59. The van der Waals surface area contributed by atoms with E-state index in [-0.39, 0.29) is 23.7 Å². The molecule has 6 heteroatoms. The number of ether oxygens (including phenoxy) is 1. The van der Waals surface area contributed by atoms with Gasteiger partial charge in [-0.05, 0) is 42.3 Å². The summed E-state index contributed by atoms with van der Waals surface area (Å²) in [5.41, 5.74) is 3.45. The fourth-order valence-corrected chi connectivity index (χ4v) is 4.35. The van der Waals surface area contributed by atoms with Gasteiger partial charge in [0.15, 0.2) is 0 Å². The van der Waals surface area contributed by atoms with Crippen molar-refractivity contribution in [2.24, 2.45) is 5.92 Å². The molecule has 2 heterocycles. The van der Waals surface area contributed by atoms with Crippen LogP contribution in [0.25, 0.3) is 0 Å². The lowest BCUT2D eigenvalue weighted by Crippen LogP contribution is -2.61. The quantitative estimate of drug-likeness (QED) is 0.806. The minimum Gasteiger partial charge on any atom is -0.383 e. The second-order valence-electron chi connectivity index (χ2n) is 7.41.